The summed E-state index contributed by atoms with van der Waals surface area (Å²) in [6.07, 6.45) is 14.2. The highest BCUT2D eigenvalue weighted by Crippen LogP contribution is 2.13. The minimum atomic E-state index is 0.415. The van der Waals surface area contributed by atoms with Gasteiger partial charge in [0.1, 0.15) is 5.78 Å². The zero-order chi connectivity index (χ0) is 17.5. The van der Waals surface area contributed by atoms with E-state index in [0.29, 0.717) is 18.2 Å². The number of Topliss-reactive ketones (excluding diaryl/α,β-unsaturated/α-hetero) is 1. The summed E-state index contributed by atoms with van der Waals surface area (Å²) in [7, 11) is 2.05. The molecule has 0 unspecified atom stereocenters. The quantitative estimate of drug-likeness (QED) is 0.320. The second-order valence-electron chi connectivity index (χ2n) is 8.24. The van der Waals surface area contributed by atoms with E-state index in [-0.39, 0.29) is 0 Å². The lowest BCUT2D eigenvalue weighted by molar-refractivity contribution is -0.120. The molecule has 0 heterocycles. The maximum absolute atomic E-state index is 11.9. The molecule has 23 heavy (non-hydrogen) atoms. The van der Waals surface area contributed by atoms with Crippen LogP contribution >= 0.6 is 0 Å². The van der Waals surface area contributed by atoms with Crippen LogP contribution in [0.2, 0.25) is 0 Å². The molecule has 0 rings (SSSR count). The molecule has 138 valence electrons. The Kier molecular flexibility index (Phi) is 14.9. The van der Waals surface area contributed by atoms with Crippen molar-refractivity contribution in [1.29, 1.82) is 0 Å². The topological polar surface area (TPSA) is 20.3 Å². The Morgan fingerprint density at radius 2 is 1.22 bits per heavy atom. The number of nitrogens with zero attached hydrogens (tertiary/aromatic N) is 1. The van der Waals surface area contributed by atoms with Gasteiger partial charge in [-0.3, -0.25) is 9.69 Å². The van der Waals surface area contributed by atoms with Crippen LogP contribution in [-0.2, 0) is 4.79 Å². The lowest BCUT2D eigenvalue weighted by Crippen LogP contribution is -2.29. The number of likely N-dealkylation sites (N-methyl/N-ethyl adjacent to an activating group) is 1. The molecule has 0 N–H and O–H groups in total. The molecule has 0 saturated heterocycles. The molecule has 0 atom stereocenters. The predicted octanol–water partition coefficient (Wildman–Crippen LogP) is 6.09. The Morgan fingerprint density at radius 1 is 0.739 bits per heavy atom. The summed E-state index contributed by atoms with van der Waals surface area (Å²) in [6.45, 7) is 10.7. The summed E-state index contributed by atoms with van der Waals surface area (Å²) in [4.78, 5) is 14.0. The number of hydrogen-bond donors (Lipinski definition) is 0. The first kappa shape index (κ1) is 22.6. The number of rotatable bonds is 16. The van der Waals surface area contributed by atoms with Crippen LogP contribution in [0.25, 0.3) is 0 Å². The smallest absolute Gasteiger partial charge is 0.146 e. The van der Waals surface area contributed by atoms with Crippen molar-refractivity contribution in [3.05, 3.63) is 0 Å². The monoisotopic (exact) mass is 325 g/mol. The van der Waals surface area contributed by atoms with Gasteiger partial charge in [-0.15, -0.1) is 0 Å². The molecule has 0 saturated carbocycles. The van der Waals surface area contributed by atoms with E-state index in [1.54, 1.807) is 0 Å². The first-order valence-electron chi connectivity index (χ1n) is 10.1. The van der Waals surface area contributed by atoms with Gasteiger partial charge in [-0.05, 0) is 25.3 Å². The third-order valence-electron chi connectivity index (χ3n) is 4.36. The van der Waals surface area contributed by atoms with Crippen LogP contribution in [0.1, 0.15) is 98.3 Å². The molecule has 0 aliphatic carbocycles. The van der Waals surface area contributed by atoms with E-state index in [1.807, 2.05) is 0 Å². The van der Waals surface area contributed by atoms with E-state index < -0.39 is 0 Å². The van der Waals surface area contributed by atoms with E-state index in [4.69, 9.17) is 0 Å². The molecule has 0 spiro atoms. The summed E-state index contributed by atoms with van der Waals surface area (Å²) in [5.41, 5.74) is 0. The van der Waals surface area contributed by atoms with Crippen molar-refractivity contribution in [1.82, 2.24) is 4.90 Å². The summed E-state index contributed by atoms with van der Waals surface area (Å²) in [5, 5.41) is 0. The second kappa shape index (κ2) is 15.2. The third-order valence-corrected chi connectivity index (χ3v) is 4.36. The molecule has 0 amide bonds. The number of carbonyl (C=O) groups excluding carboxylic acids is 1. The highest BCUT2D eigenvalue weighted by atomic mass is 16.1. The number of ketones is 1. The molecule has 2 nitrogen and oxygen atoms in total. The molecule has 2 heteroatoms. The molecule has 0 bridgehead atoms. The second-order valence-corrected chi connectivity index (χ2v) is 8.24. The van der Waals surface area contributed by atoms with Gasteiger partial charge in [-0.25, -0.2) is 0 Å². The Bertz CT molecular complexity index is 273. The number of unbranched alkanes of at least 4 members (excludes halogenated alkanes) is 8. The van der Waals surface area contributed by atoms with Crippen molar-refractivity contribution in [3.8, 4) is 0 Å². The van der Waals surface area contributed by atoms with E-state index in [1.165, 1.54) is 57.8 Å². The number of carbonyl (C=O) groups is 1. The van der Waals surface area contributed by atoms with Crippen LogP contribution in [-0.4, -0.2) is 30.8 Å². The SMILES string of the molecule is CC(C)CCCCCCCCCCCC(=O)CN(C)CC(C)C. The Balaban J connectivity index is 3.28. The minimum absolute atomic E-state index is 0.415. The van der Waals surface area contributed by atoms with Crippen molar-refractivity contribution in [2.45, 2.75) is 98.3 Å². The summed E-state index contributed by atoms with van der Waals surface area (Å²) in [5.74, 6) is 1.92. The highest BCUT2D eigenvalue weighted by molar-refractivity contribution is 5.80. The standard InChI is InChI=1S/C21H43NO/c1-19(2)15-13-11-9-7-6-8-10-12-14-16-21(23)18-22(5)17-20(3)4/h19-20H,6-18H2,1-5H3. The van der Waals surface area contributed by atoms with E-state index in [9.17, 15) is 4.79 Å². The molecule has 0 aromatic rings. The fraction of sp³-hybridized carbons (Fsp3) is 0.952. The van der Waals surface area contributed by atoms with Gasteiger partial charge in [-0.1, -0.05) is 85.5 Å². The normalized spacial score (nSPS) is 11.8. The first-order valence-corrected chi connectivity index (χ1v) is 10.1. The average molecular weight is 326 g/mol. The van der Waals surface area contributed by atoms with Crippen LogP contribution in [0.4, 0.5) is 0 Å². The maximum Gasteiger partial charge on any atom is 0.146 e. The van der Waals surface area contributed by atoms with Crippen LogP contribution in [0.5, 0.6) is 0 Å². The zero-order valence-electron chi connectivity index (χ0n) is 16.7. The van der Waals surface area contributed by atoms with Crippen molar-refractivity contribution in [2.75, 3.05) is 20.1 Å². The summed E-state index contributed by atoms with van der Waals surface area (Å²) in [6, 6.07) is 0. The van der Waals surface area contributed by atoms with Gasteiger partial charge in [0, 0.05) is 13.0 Å². The van der Waals surface area contributed by atoms with E-state index >= 15 is 0 Å². The van der Waals surface area contributed by atoms with Crippen LogP contribution in [0.15, 0.2) is 0 Å². The van der Waals surface area contributed by atoms with Gasteiger partial charge in [0.2, 0.25) is 0 Å². The number of hydrogen-bond acceptors (Lipinski definition) is 2. The van der Waals surface area contributed by atoms with E-state index in [0.717, 1.165) is 25.3 Å². The van der Waals surface area contributed by atoms with Gasteiger partial charge in [0.25, 0.3) is 0 Å². The highest BCUT2D eigenvalue weighted by Gasteiger charge is 2.07. The molecule has 0 radical (unpaired) electrons. The average Bonchev–Trinajstić information content (AvgIpc) is 2.43. The minimum Gasteiger partial charge on any atom is -0.299 e. The molecular weight excluding hydrogens is 282 g/mol. The zero-order valence-corrected chi connectivity index (χ0v) is 16.7. The summed E-state index contributed by atoms with van der Waals surface area (Å²) >= 11 is 0. The van der Waals surface area contributed by atoms with Gasteiger partial charge in [-0.2, -0.15) is 0 Å². The van der Waals surface area contributed by atoms with Gasteiger partial charge in [0.15, 0.2) is 0 Å². The van der Waals surface area contributed by atoms with Gasteiger partial charge >= 0.3 is 0 Å². The molecule has 0 aromatic carbocycles. The van der Waals surface area contributed by atoms with Crippen molar-refractivity contribution >= 4 is 5.78 Å². The van der Waals surface area contributed by atoms with Crippen molar-refractivity contribution in [3.63, 3.8) is 0 Å². The first-order chi connectivity index (χ1) is 10.9. The van der Waals surface area contributed by atoms with Crippen LogP contribution < -0.4 is 0 Å². The lowest BCUT2D eigenvalue weighted by Gasteiger charge is -2.17. The van der Waals surface area contributed by atoms with Crippen LogP contribution in [0.3, 0.4) is 0 Å². The molecular formula is C21H43NO. The molecule has 0 aliphatic rings. The largest absolute Gasteiger partial charge is 0.299 e. The van der Waals surface area contributed by atoms with Crippen LogP contribution in [0, 0.1) is 11.8 Å². The molecule has 0 fully saturated rings. The summed E-state index contributed by atoms with van der Waals surface area (Å²) < 4.78 is 0. The fourth-order valence-corrected chi connectivity index (χ4v) is 3.18. The van der Waals surface area contributed by atoms with Crippen molar-refractivity contribution in [2.24, 2.45) is 11.8 Å². The third kappa shape index (κ3) is 17.8. The predicted molar refractivity (Wildman–Crippen MR) is 103 cm³/mol. The molecule has 0 aromatic heterocycles. The van der Waals surface area contributed by atoms with E-state index in [2.05, 4.69) is 39.6 Å². The maximum atomic E-state index is 11.9. The van der Waals surface area contributed by atoms with Gasteiger partial charge < -0.3 is 0 Å². The Labute approximate surface area is 146 Å². The fourth-order valence-electron chi connectivity index (χ4n) is 3.18. The van der Waals surface area contributed by atoms with Crippen molar-refractivity contribution < 1.29 is 4.79 Å². The Hall–Kier alpha value is -0.370. The van der Waals surface area contributed by atoms with Gasteiger partial charge in [0.05, 0.1) is 6.54 Å². The Morgan fingerprint density at radius 3 is 1.70 bits per heavy atom. The molecule has 0 aliphatic heterocycles. The lowest BCUT2D eigenvalue weighted by atomic mass is 10.0.